The fraction of sp³-hybridized carbons (Fsp3) is 0.700. The van der Waals surface area contributed by atoms with E-state index in [9.17, 15) is 9.59 Å². The highest BCUT2D eigenvalue weighted by Gasteiger charge is 2.57. The smallest absolute Gasteiger partial charge is 0.410 e. The van der Waals surface area contributed by atoms with Crippen molar-refractivity contribution >= 4 is 17.8 Å². The number of piperidine rings is 1. The lowest BCUT2D eigenvalue weighted by Crippen LogP contribution is -2.62. The first-order valence-corrected chi connectivity index (χ1v) is 10.0. The van der Waals surface area contributed by atoms with Crippen LogP contribution in [0.4, 0.5) is 10.6 Å². The van der Waals surface area contributed by atoms with Gasteiger partial charge >= 0.3 is 6.09 Å². The van der Waals surface area contributed by atoms with Gasteiger partial charge in [0.15, 0.2) is 0 Å². The average Bonchev–Trinajstić information content (AvgIpc) is 2.92. The summed E-state index contributed by atoms with van der Waals surface area (Å²) < 4.78 is 5.95. The summed E-state index contributed by atoms with van der Waals surface area (Å²) in [5.74, 6) is 1.80. The zero-order valence-corrected chi connectivity index (χ0v) is 17.1. The van der Waals surface area contributed by atoms with Crippen molar-refractivity contribution in [2.75, 3.05) is 37.6 Å². The van der Waals surface area contributed by atoms with E-state index in [1.54, 1.807) is 6.20 Å². The number of ether oxygens (including phenoxy) is 1. The van der Waals surface area contributed by atoms with Crippen LogP contribution in [0.5, 0.6) is 0 Å². The molecule has 1 aromatic rings. The Labute approximate surface area is 165 Å². The number of nitrogens with zero attached hydrogens (tertiary/aromatic N) is 5. The SMILES string of the molecule is Cc1nccc(N2CCC3(CC2)OC(=O)N2CCN(C(=O)C(C)(C)C)CC23)n1. The van der Waals surface area contributed by atoms with E-state index in [1.807, 2.05) is 43.6 Å². The van der Waals surface area contributed by atoms with Crippen LogP contribution in [0.1, 0.15) is 39.4 Å². The summed E-state index contributed by atoms with van der Waals surface area (Å²) in [5.41, 5.74) is -0.945. The fourth-order valence-corrected chi connectivity index (χ4v) is 4.58. The molecule has 8 nitrogen and oxygen atoms in total. The number of fused-ring (bicyclic) bond motifs is 2. The van der Waals surface area contributed by atoms with Gasteiger partial charge in [-0.25, -0.2) is 14.8 Å². The van der Waals surface area contributed by atoms with Gasteiger partial charge < -0.3 is 14.5 Å². The van der Waals surface area contributed by atoms with Crippen molar-refractivity contribution in [1.29, 1.82) is 0 Å². The standard InChI is InChI=1S/C20H29N5O3/c1-14-21-8-5-16(22-14)23-9-6-20(7-10-23)15-13-24(17(26)19(2,3)4)11-12-25(15)18(27)28-20/h5,8,15H,6-7,9-13H2,1-4H3. The van der Waals surface area contributed by atoms with Crippen LogP contribution >= 0.6 is 0 Å². The second-order valence-electron chi connectivity index (χ2n) is 9.09. The number of carbonyl (C=O) groups excluding carboxylic acids is 2. The Morgan fingerprint density at radius 3 is 2.57 bits per heavy atom. The van der Waals surface area contributed by atoms with E-state index in [2.05, 4.69) is 14.9 Å². The number of hydrogen-bond donors (Lipinski definition) is 0. The zero-order chi connectivity index (χ0) is 20.1. The molecule has 0 aliphatic carbocycles. The quantitative estimate of drug-likeness (QED) is 0.732. The van der Waals surface area contributed by atoms with Gasteiger partial charge in [0.05, 0.1) is 6.04 Å². The molecule has 1 aromatic heterocycles. The van der Waals surface area contributed by atoms with Gasteiger partial charge in [-0.05, 0) is 13.0 Å². The van der Waals surface area contributed by atoms with Crippen LogP contribution in [0.15, 0.2) is 12.3 Å². The number of hydrogen-bond acceptors (Lipinski definition) is 6. The highest BCUT2D eigenvalue weighted by molar-refractivity contribution is 5.82. The Bertz CT molecular complexity index is 782. The molecule has 1 atom stereocenters. The first-order valence-electron chi connectivity index (χ1n) is 10.0. The van der Waals surface area contributed by atoms with Crippen molar-refractivity contribution in [1.82, 2.24) is 19.8 Å². The van der Waals surface area contributed by atoms with E-state index < -0.39 is 11.0 Å². The second-order valence-corrected chi connectivity index (χ2v) is 9.09. The van der Waals surface area contributed by atoms with Crippen LogP contribution in [0.2, 0.25) is 0 Å². The van der Waals surface area contributed by atoms with Crippen molar-refractivity contribution < 1.29 is 14.3 Å². The number of aromatic nitrogens is 2. The molecular weight excluding hydrogens is 358 g/mol. The van der Waals surface area contributed by atoms with Crippen LogP contribution in [-0.4, -0.2) is 76.1 Å². The normalized spacial score (nSPS) is 24.4. The maximum Gasteiger partial charge on any atom is 0.410 e. The maximum absolute atomic E-state index is 12.8. The van der Waals surface area contributed by atoms with Gasteiger partial charge in [0.2, 0.25) is 5.91 Å². The third-order valence-corrected chi connectivity index (χ3v) is 6.14. The number of aryl methyl sites for hydroxylation is 1. The molecule has 3 fully saturated rings. The topological polar surface area (TPSA) is 78.9 Å². The summed E-state index contributed by atoms with van der Waals surface area (Å²) in [4.78, 5) is 39.9. The molecular formula is C20H29N5O3. The van der Waals surface area contributed by atoms with Gasteiger partial charge in [-0.1, -0.05) is 20.8 Å². The van der Waals surface area contributed by atoms with Crippen LogP contribution in [0.25, 0.3) is 0 Å². The number of carbonyl (C=O) groups is 2. The van der Waals surface area contributed by atoms with Gasteiger partial charge in [0.1, 0.15) is 17.2 Å². The minimum absolute atomic E-state index is 0.0747. The van der Waals surface area contributed by atoms with E-state index >= 15 is 0 Å². The van der Waals surface area contributed by atoms with Crippen LogP contribution < -0.4 is 4.90 Å². The predicted octanol–water partition coefficient (Wildman–Crippen LogP) is 1.83. The molecule has 3 aliphatic rings. The molecule has 1 spiro atoms. The van der Waals surface area contributed by atoms with E-state index in [0.717, 1.165) is 37.6 Å². The average molecular weight is 387 g/mol. The maximum atomic E-state index is 12.8. The predicted molar refractivity (Wildman–Crippen MR) is 104 cm³/mol. The van der Waals surface area contributed by atoms with Crippen LogP contribution in [0, 0.1) is 12.3 Å². The Hall–Kier alpha value is -2.38. The van der Waals surface area contributed by atoms with Gasteiger partial charge in [-0.15, -0.1) is 0 Å². The van der Waals surface area contributed by atoms with Crippen molar-refractivity contribution in [2.45, 2.75) is 52.2 Å². The van der Waals surface area contributed by atoms with Gasteiger partial charge in [-0.2, -0.15) is 0 Å². The molecule has 3 saturated heterocycles. The summed E-state index contributed by atoms with van der Waals surface area (Å²) >= 11 is 0. The number of rotatable bonds is 1. The molecule has 4 heterocycles. The number of anilines is 1. The Morgan fingerprint density at radius 1 is 1.21 bits per heavy atom. The van der Waals surface area contributed by atoms with Gasteiger partial charge in [-0.3, -0.25) is 9.69 Å². The van der Waals surface area contributed by atoms with E-state index in [0.29, 0.717) is 19.6 Å². The van der Waals surface area contributed by atoms with Crippen LogP contribution in [-0.2, 0) is 9.53 Å². The molecule has 3 aliphatic heterocycles. The molecule has 0 bridgehead atoms. The summed E-state index contributed by atoms with van der Waals surface area (Å²) in [5, 5.41) is 0. The van der Waals surface area contributed by atoms with Crippen molar-refractivity contribution in [3.05, 3.63) is 18.1 Å². The third kappa shape index (κ3) is 3.18. The first-order chi connectivity index (χ1) is 13.2. The van der Waals surface area contributed by atoms with E-state index in [4.69, 9.17) is 4.74 Å². The fourth-order valence-electron chi connectivity index (χ4n) is 4.58. The molecule has 0 N–H and O–H groups in total. The van der Waals surface area contributed by atoms with Gasteiger partial charge in [0.25, 0.3) is 0 Å². The number of piperazine rings is 1. The molecule has 152 valence electrons. The summed E-state index contributed by atoms with van der Waals surface area (Å²) in [6.07, 6.45) is 3.01. The molecule has 0 radical (unpaired) electrons. The Morgan fingerprint density at radius 2 is 1.93 bits per heavy atom. The Kier molecular flexibility index (Phi) is 4.47. The molecule has 4 rings (SSSR count). The first kappa shape index (κ1) is 19.0. The summed E-state index contributed by atoms with van der Waals surface area (Å²) in [7, 11) is 0. The molecule has 0 aromatic carbocycles. The van der Waals surface area contributed by atoms with Crippen LogP contribution in [0.3, 0.4) is 0 Å². The van der Waals surface area contributed by atoms with Crippen molar-refractivity contribution in [3.63, 3.8) is 0 Å². The molecule has 8 heteroatoms. The largest absolute Gasteiger partial charge is 0.440 e. The highest BCUT2D eigenvalue weighted by Crippen LogP contribution is 2.41. The van der Waals surface area contributed by atoms with E-state index in [-0.39, 0.29) is 18.0 Å². The minimum atomic E-state index is -0.521. The number of amides is 2. The highest BCUT2D eigenvalue weighted by atomic mass is 16.6. The summed E-state index contributed by atoms with van der Waals surface area (Å²) in [6, 6.07) is 1.84. The summed E-state index contributed by atoms with van der Waals surface area (Å²) in [6.45, 7) is 10.9. The van der Waals surface area contributed by atoms with E-state index in [1.165, 1.54) is 0 Å². The molecule has 28 heavy (non-hydrogen) atoms. The lowest BCUT2D eigenvalue weighted by atomic mass is 9.82. The van der Waals surface area contributed by atoms with Crippen molar-refractivity contribution in [2.24, 2.45) is 5.41 Å². The molecule has 2 amide bonds. The minimum Gasteiger partial charge on any atom is -0.440 e. The Balaban J connectivity index is 1.50. The third-order valence-electron chi connectivity index (χ3n) is 6.14. The van der Waals surface area contributed by atoms with Gasteiger partial charge in [0, 0.05) is 57.2 Å². The molecule has 0 saturated carbocycles. The lowest BCUT2D eigenvalue weighted by Gasteiger charge is -2.46. The monoisotopic (exact) mass is 387 g/mol. The second kappa shape index (κ2) is 6.60. The molecule has 1 unspecified atom stereocenters. The zero-order valence-electron chi connectivity index (χ0n) is 17.1. The van der Waals surface area contributed by atoms with Crippen molar-refractivity contribution in [3.8, 4) is 0 Å². The lowest BCUT2D eigenvalue weighted by molar-refractivity contribution is -0.142.